The first-order valence-electron chi connectivity index (χ1n) is 7.11. The largest absolute Gasteiger partial charge is 0.326 e. The monoisotopic (exact) mass is 322 g/mol. The number of nitrogens with zero attached hydrogens (tertiary/aromatic N) is 4. The van der Waals surface area contributed by atoms with E-state index in [-0.39, 0.29) is 24.2 Å². The van der Waals surface area contributed by atoms with Crippen LogP contribution in [-0.4, -0.2) is 39.2 Å². The summed E-state index contributed by atoms with van der Waals surface area (Å²) < 4.78 is 1.64. The molecule has 2 aromatic rings. The molecule has 1 aromatic carbocycles. The van der Waals surface area contributed by atoms with Gasteiger partial charge in [0.1, 0.15) is 0 Å². The normalized spacial score (nSPS) is 17.6. The molecule has 2 heterocycles. The fraction of sp³-hybridized carbons (Fsp3) is 0.429. The molecule has 7 nitrogen and oxygen atoms in total. The molecule has 3 rings (SSSR count). The molecule has 1 fully saturated rings. The van der Waals surface area contributed by atoms with E-state index >= 15 is 0 Å². The van der Waals surface area contributed by atoms with Gasteiger partial charge in [0.2, 0.25) is 5.91 Å². The van der Waals surface area contributed by atoms with Gasteiger partial charge in [0.15, 0.2) is 5.82 Å². The Morgan fingerprint density at radius 1 is 1.45 bits per heavy atom. The highest BCUT2D eigenvalue weighted by Crippen LogP contribution is 2.17. The number of anilines is 1. The van der Waals surface area contributed by atoms with Crippen LogP contribution in [0.1, 0.15) is 18.7 Å². The number of halogens is 1. The van der Waals surface area contributed by atoms with E-state index < -0.39 is 0 Å². The molecule has 118 valence electrons. The van der Waals surface area contributed by atoms with Gasteiger partial charge in [0, 0.05) is 12.2 Å². The molecule has 0 unspecified atom stereocenters. The maximum atomic E-state index is 12.2. The first-order valence-corrected chi connectivity index (χ1v) is 7.11. The molecule has 0 aliphatic carbocycles. The van der Waals surface area contributed by atoms with Crippen LogP contribution in [0.25, 0.3) is 5.69 Å². The Morgan fingerprint density at radius 3 is 3.00 bits per heavy atom. The van der Waals surface area contributed by atoms with Crippen molar-refractivity contribution in [3.63, 3.8) is 0 Å². The van der Waals surface area contributed by atoms with Crippen molar-refractivity contribution < 1.29 is 4.79 Å². The number of carbonyl (C=O) groups is 1. The van der Waals surface area contributed by atoms with Crippen LogP contribution in [0.5, 0.6) is 0 Å². The van der Waals surface area contributed by atoms with Gasteiger partial charge in [-0.15, -0.1) is 17.5 Å². The zero-order valence-corrected chi connectivity index (χ0v) is 13.1. The van der Waals surface area contributed by atoms with E-state index in [1.165, 1.54) is 0 Å². The molecular weight excluding hydrogens is 304 g/mol. The van der Waals surface area contributed by atoms with E-state index in [0.717, 1.165) is 37.3 Å². The average Bonchev–Trinajstić information content (AvgIpc) is 2.94. The summed E-state index contributed by atoms with van der Waals surface area (Å²) >= 11 is 0. The smallest absolute Gasteiger partial charge is 0.228 e. The van der Waals surface area contributed by atoms with Crippen LogP contribution >= 0.6 is 12.4 Å². The number of benzene rings is 1. The Kier molecular flexibility index (Phi) is 5.46. The minimum absolute atomic E-state index is 0. The summed E-state index contributed by atoms with van der Waals surface area (Å²) in [4.78, 5) is 12.2. The molecule has 0 bridgehead atoms. The molecule has 2 N–H and O–H groups in total. The average molecular weight is 323 g/mol. The Balaban J connectivity index is 0.00000176. The van der Waals surface area contributed by atoms with Gasteiger partial charge >= 0.3 is 0 Å². The van der Waals surface area contributed by atoms with Crippen molar-refractivity contribution in [3.05, 3.63) is 30.1 Å². The van der Waals surface area contributed by atoms with Crippen LogP contribution in [0.2, 0.25) is 0 Å². The van der Waals surface area contributed by atoms with Crippen LogP contribution in [0.4, 0.5) is 5.69 Å². The predicted octanol–water partition coefficient (Wildman–Crippen LogP) is 1.33. The summed E-state index contributed by atoms with van der Waals surface area (Å²) in [5, 5.41) is 17.6. The van der Waals surface area contributed by atoms with Crippen LogP contribution in [0, 0.1) is 12.8 Å². The lowest BCUT2D eigenvalue weighted by Gasteiger charge is -2.22. The number of rotatable bonds is 3. The van der Waals surface area contributed by atoms with Crippen molar-refractivity contribution in [2.24, 2.45) is 5.92 Å². The SMILES string of the molecule is Cc1nnnn1-c1cccc(NC(=O)[C@@H]2CCCNC2)c1.Cl. The first-order chi connectivity index (χ1) is 10.2. The molecule has 1 aromatic heterocycles. The van der Waals surface area contributed by atoms with E-state index in [4.69, 9.17) is 0 Å². The highest BCUT2D eigenvalue weighted by atomic mass is 35.5. The lowest BCUT2D eigenvalue weighted by atomic mass is 9.99. The molecule has 0 saturated carbocycles. The van der Waals surface area contributed by atoms with E-state index in [2.05, 4.69) is 26.2 Å². The quantitative estimate of drug-likeness (QED) is 0.890. The van der Waals surface area contributed by atoms with E-state index in [0.29, 0.717) is 5.82 Å². The van der Waals surface area contributed by atoms with Crippen molar-refractivity contribution in [1.29, 1.82) is 0 Å². The summed E-state index contributed by atoms with van der Waals surface area (Å²) in [6.07, 6.45) is 1.98. The zero-order valence-electron chi connectivity index (χ0n) is 12.3. The molecule has 1 amide bonds. The van der Waals surface area contributed by atoms with Gasteiger partial charge in [0.05, 0.1) is 11.6 Å². The fourth-order valence-electron chi connectivity index (χ4n) is 2.51. The van der Waals surface area contributed by atoms with Gasteiger partial charge in [0.25, 0.3) is 0 Å². The number of amides is 1. The zero-order chi connectivity index (χ0) is 14.7. The standard InChI is InChI=1S/C14H18N6O.ClH/c1-10-17-18-19-20(10)13-6-2-5-12(8-13)16-14(21)11-4-3-7-15-9-11;/h2,5-6,8,11,15H,3-4,7,9H2,1H3,(H,16,21);1H/t11-;/m1./s1. The predicted molar refractivity (Wildman–Crippen MR) is 85.4 cm³/mol. The van der Waals surface area contributed by atoms with E-state index in [1.807, 2.05) is 31.2 Å². The van der Waals surface area contributed by atoms with Gasteiger partial charge in [-0.25, -0.2) is 0 Å². The summed E-state index contributed by atoms with van der Waals surface area (Å²) in [5.74, 6) is 0.805. The number of tetrazole rings is 1. The topological polar surface area (TPSA) is 84.7 Å². The van der Waals surface area contributed by atoms with Gasteiger partial charge < -0.3 is 10.6 Å². The van der Waals surface area contributed by atoms with Crippen molar-refractivity contribution in [3.8, 4) is 5.69 Å². The Labute approximate surface area is 134 Å². The van der Waals surface area contributed by atoms with E-state index in [9.17, 15) is 4.79 Å². The van der Waals surface area contributed by atoms with Crippen LogP contribution in [0.3, 0.4) is 0 Å². The number of aromatic nitrogens is 4. The Morgan fingerprint density at radius 2 is 2.32 bits per heavy atom. The second kappa shape index (κ2) is 7.33. The molecule has 0 spiro atoms. The van der Waals surface area contributed by atoms with Gasteiger partial charge in [-0.05, 0) is 54.9 Å². The summed E-state index contributed by atoms with van der Waals surface area (Å²) in [7, 11) is 0. The van der Waals surface area contributed by atoms with Crippen LogP contribution in [-0.2, 0) is 4.79 Å². The van der Waals surface area contributed by atoms with Gasteiger partial charge in [-0.2, -0.15) is 4.68 Å². The van der Waals surface area contributed by atoms with Crippen molar-refractivity contribution in [2.45, 2.75) is 19.8 Å². The molecule has 1 aliphatic heterocycles. The fourth-order valence-corrected chi connectivity index (χ4v) is 2.51. The third kappa shape index (κ3) is 3.61. The molecule has 0 radical (unpaired) electrons. The summed E-state index contributed by atoms with van der Waals surface area (Å²) in [6.45, 7) is 3.58. The molecular formula is C14H19ClN6O. The van der Waals surface area contributed by atoms with E-state index in [1.54, 1.807) is 4.68 Å². The maximum absolute atomic E-state index is 12.2. The number of nitrogens with one attached hydrogen (secondary N) is 2. The summed E-state index contributed by atoms with van der Waals surface area (Å²) in [5.41, 5.74) is 1.59. The minimum atomic E-state index is 0. The molecule has 22 heavy (non-hydrogen) atoms. The maximum Gasteiger partial charge on any atom is 0.228 e. The number of hydrogen-bond acceptors (Lipinski definition) is 5. The van der Waals surface area contributed by atoms with Gasteiger partial charge in [-0.3, -0.25) is 4.79 Å². The van der Waals surface area contributed by atoms with Crippen molar-refractivity contribution in [2.75, 3.05) is 18.4 Å². The third-order valence-electron chi connectivity index (χ3n) is 3.65. The number of carbonyl (C=O) groups excluding carboxylic acids is 1. The Hall–Kier alpha value is -1.99. The molecule has 8 heteroatoms. The highest BCUT2D eigenvalue weighted by molar-refractivity contribution is 5.93. The first kappa shape index (κ1) is 16.4. The lowest BCUT2D eigenvalue weighted by molar-refractivity contribution is -0.120. The van der Waals surface area contributed by atoms with Crippen molar-refractivity contribution in [1.82, 2.24) is 25.5 Å². The minimum Gasteiger partial charge on any atom is -0.326 e. The summed E-state index contributed by atoms with van der Waals surface area (Å²) in [6, 6.07) is 7.53. The number of hydrogen-bond donors (Lipinski definition) is 2. The lowest BCUT2D eigenvalue weighted by Crippen LogP contribution is -2.37. The third-order valence-corrected chi connectivity index (χ3v) is 3.65. The van der Waals surface area contributed by atoms with Crippen molar-refractivity contribution >= 4 is 24.0 Å². The number of piperidine rings is 1. The molecule has 1 saturated heterocycles. The van der Waals surface area contributed by atoms with Gasteiger partial charge in [-0.1, -0.05) is 6.07 Å². The molecule has 1 aliphatic rings. The second-order valence-electron chi connectivity index (χ2n) is 5.22. The van der Waals surface area contributed by atoms with Crippen LogP contribution in [0.15, 0.2) is 24.3 Å². The molecule has 1 atom stereocenters. The Bertz CT molecular complexity index is 638. The second-order valence-corrected chi connectivity index (χ2v) is 5.22. The van der Waals surface area contributed by atoms with Crippen LogP contribution < -0.4 is 10.6 Å². The highest BCUT2D eigenvalue weighted by Gasteiger charge is 2.20. The number of aryl methyl sites for hydroxylation is 1.